The lowest BCUT2D eigenvalue weighted by Gasteiger charge is -2.06. The van der Waals surface area contributed by atoms with Gasteiger partial charge in [-0.05, 0) is 19.3 Å². The lowest BCUT2D eigenvalue weighted by atomic mass is 10.3. The molecule has 1 aliphatic carbocycles. The maximum atomic E-state index is 5.70. The highest BCUT2D eigenvalue weighted by Crippen LogP contribution is 2.38. The van der Waals surface area contributed by atoms with E-state index in [1.165, 1.54) is 12.8 Å². The van der Waals surface area contributed by atoms with Crippen molar-refractivity contribution in [1.29, 1.82) is 0 Å². The highest BCUT2D eigenvalue weighted by atomic mass is 16.5. The van der Waals surface area contributed by atoms with E-state index in [1.807, 2.05) is 0 Å². The Morgan fingerprint density at radius 3 is 2.93 bits per heavy atom. The van der Waals surface area contributed by atoms with Gasteiger partial charge in [-0.1, -0.05) is 13.3 Å². The number of rotatable bonds is 5. The number of anilines is 1. The molecule has 0 aliphatic heterocycles. The molecule has 2 N–H and O–H groups in total. The van der Waals surface area contributed by atoms with Gasteiger partial charge >= 0.3 is 0 Å². The van der Waals surface area contributed by atoms with E-state index in [0.717, 1.165) is 18.7 Å². The Kier molecular flexibility index (Phi) is 3.04. The van der Waals surface area contributed by atoms with Gasteiger partial charge in [0.2, 0.25) is 5.88 Å². The van der Waals surface area contributed by atoms with Crippen molar-refractivity contribution < 1.29 is 4.74 Å². The maximum absolute atomic E-state index is 5.70. The molecule has 0 spiro atoms. The van der Waals surface area contributed by atoms with Gasteiger partial charge in [-0.2, -0.15) is 4.98 Å². The van der Waals surface area contributed by atoms with Gasteiger partial charge in [-0.25, -0.2) is 4.98 Å². The lowest BCUT2D eigenvalue weighted by Crippen LogP contribution is -2.04. The minimum Gasteiger partial charge on any atom is -0.478 e. The standard InChI is InChI=1S/C11H17N3O/c1-2-3-6-15-10-7-9(12)13-11(14-10)8-4-5-8/h7-8H,2-6H2,1H3,(H2,12,13,14). The third-order valence-corrected chi connectivity index (χ3v) is 2.43. The minimum atomic E-state index is 0.512. The van der Waals surface area contributed by atoms with Crippen molar-refractivity contribution in [3.05, 3.63) is 11.9 Å². The monoisotopic (exact) mass is 207 g/mol. The van der Waals surface area contributed by atoms with E-state index in [2.05, 4.69) is 16.9 Å². The van der Waals surface area contributed by atoms with Crippen molar-refractivity contribution in [2.24, 2.45) is 0 Å². The second-order valence-corrected chi connectivity index (χ2v) is 3.97. The van der Waals surface area contributed by atoms with Crippen LogP contribution in [0.25, 0.3) is 0 Å². The molecule has 4 nitrogen and oxygen atoms in total. The predicted octanol–water partition coefficient (Wildman–Crippen LogP) is 2.12. The zero-order chi connectivity index (χ0) is 10.7. The van der Waals surface area contributed by atoms with Gasteiger partial charge in [-0.3, -0.25) is 0 Å². The molecule has 1 aromatic heterocycles. The van der Waals surface area contributed by atoms with Gasteiger partial charge in [-0.15, -0.1) is 0 Å². The van der Waals surface area contributed by atoms with Crippen LogP contribution in [0, 0.1) is 0 Å². The van der Waals surface area contributed by atoms with Crippen LogP contribution < -0.4 is 10.5 Å². The number of hydrogen-bond acceptors (Lipinski definition) is 4. The predicted molar refractivity (Wildman–Crippen MR) is 58.8 cm³/mol. The number of unbranched alkanes of at least 4 members (excludes halogenated alkanes) is 1. The van der Waals surface area contributed by atoms with E-state index >= 15 is 0 Å². The smallest absolute Gasteiger partial charge is 0.218 e. The van der Waals surface area contributed by atoms with E-state index in [9.17, 15) is 0 Å². The zero-order valence-corrected chi connectivity index (χ0v) is 9.07. The second kappa shape index (κ2) is 4.47. The van der Waals surface area contributed by atoms with Gasteiger partial charge in [0, 0.05) is 12.0 Å². The van der Waals surface area contributed by atoms with Crippen LogP contribution in [0.15, 0.2) is 6.07 Å². The normalized spacial score (nSPS) is 15.3. The average molecular weight is 207 g/mol. The van der Waals surface area contributed by atoms with Crippen LogP contribution in [0.3, 0.4) is 0 Å². The Labute approximate surface area is 89.9 Å². The van der Waals surface area contributed by atoms with E-state index in [4.69, 9.17) is 10.5 Å². The summed E-state index contributed by atoms with van der Waals surface area (Å²) < 4.78 is 5.51. The minimum absolute atomic E-state index is 0.512. The summed E-state index contributed by atoms with van der Waals surface area (Å²) in [6, 6.07) is 1.70. The third kappa shape index (κ3) is 2.81. The summed E-state index contributed by atoms with van der Waals surface area (Å²) in [6.07, 6.45) is 4.52. The van der Waals surface area contributed by atoms with E-state index in [-0.39, 0.29) is 0 Å². The van der Waals surface area contributed by atoms with Crippen LogP contribution in [0.4, 0.5) is 5.82 Å². The number of hydrogen-bond donors (Lipinski definition) is 1. The molecule has 0 atom stereocenters. The van der Waals surface area contributed by atoms with Crippen molar-refractivity contribution >= 4 is 5.82 Å². The molecule has 1 fully saturated rings. The molecule has 1 aliphatic rings. The Balaban J connectivity index is 2.02. The molecular weight excluding hydrogens is 190 g/mol. The molecule has 82 valence electrons. The fourth-order valence-corrected chi connectivity index (χ4v) is 1.38. The lowest BCUT2D eigenvalue weighted by molar-refractivity contribution is 0.296. The Morgan fingerprint density at radius 2 is 2.27 bits per heavy atom. The molecule has 1 aromatic rings. The average Bonchev–Trinajstić information content (AvgIpc) is 3.00. The molecule has 1 saturated carbocycles. The number of nitrogens with zero attached hydrogens (tertiary/aromatic N) is 2. The van der Waals surface area contributed by atoms with Crippen LogP contribution in [-0.4, -0.2) is 16.6 Å². The first kappa shape index (κ1) is 10.2. The summed E-state index contributed by atoms with van der Waals surface area (Å²) in [6.45, 7) is 2.84. The van der Waals surface area contributed by atoms with Gasteiger partial charge in [0.05, 0.1) is 6.61 Å². The van der Waals surface area contributed by atoms with Crippen LogP contribution in [0.5, 0.6) is 5.88 Å². The molecule has 0 bridgehead atoms. The highest BCUT2D eigenvalue weighted by molar-refractivity contribution is 5.34. The van der Waals surface area contributed by atoms with Crippen molar-refractivity contribution in [2.75, 3.05) is 12.3 Å². The Bertz CT molecular complexity index is 337. The first-order valence-electron chi connectivity index (χ1n) is 5.57. The molecule has 0 saturated heterocycles. The van der Waals surface area contributed by atoms with E-state index < -0.39 is 0 Å². The summed E-state index contributed by atoms with van der Waals surface area (Å²) >= 11 is 0. The number of nitrogens with two attached hydrogens (primary N) is 1. The maximum Gasteiger partial charge on any atom is 0.218 e. The second-order valence-electron chi connectivity index (χ2n) is 3.97. The SMILES string of the molecule is CCCCOc1cc(N)nc(C2CC2)n1. The first-order valence-corrected chi connectivity index (χ1v) is 5.57. The molecule has 1 heterocycles. The van der Waals surface area contributed by atoms with Gasteiger partial charge < -0.3 is 10.5 Å². The molecule has 2 rings (SSSR count). The molecule has 15 heavy (non-hydrogen) atoms. The van der Waals surface area contributed by atoms with E-state index in [1.54, 1.807) is 6.07 Å². The molecule has 0 radical (unpaired) electrons. The number of aromatic nitrogens is 2. The van der Waals surface area contributed by atoms with E-state index in [0.29, 0.717) is 24.2 Å². The number of nitrogen functional groups attached to an aromatic ring is 1. The summed E-state index contributed by atoms with van der Waals surface area (Å²) in [5.41, 5.74) is 5.70. The summed E-state index contributed by atoms with van der Waals surface area (Å²) in [5, 5.41) is 0. The quantitative estimate of drug-likeness (QED) is 0.751. The topological polar surface area (TPSA) is 61.0 Å². The summed E-state index contributed by atoms with van der Waals surface area (Å²) in [4.78, 5) is 8.56. The van der Waals surface area contributed by atoms with Gasteiger partial charge in [0.1, 0.15) is 11.6 Å². The fourth-order valence-electron chi connectivity index (χ4n) is 1.38. The van der Waals surface area contributed by atoms with Crippen LogP contribution >= 0.6 is 0 Å². The van der Waals surface area contributed by atoms with Gasteiger partial charge in [0.15, 0.2) is 0 Å². The first-order chi connectivity index (χ1) is 7.29. The molecular formula is C11H17N3O. The molecule has 0 aromatic carbocycles. The summed E-state index contributed by atoms with van der Waals surface area (Å²) in [7, 11) is 0. The van der Waals surface area contributed by atoms with Crippen molar-refractivity contribution in [2.45, 2.75) is 38.5 Å². The molecule has 0 unspecified atom stereocenters. The van der Waals surface area contributed by atoms with Crippen molar-refractivity contribution in [3.63, 3.8) is 0 Å². The van der Waals surface area contributed by atoms with Crippen LogP contribution in [0.1, 0.15) is 44.3 Å². The zero-order valence-electron chi connectivity index (χ0n) is 9.07. The number of ether oxygens (including phenoxy) is 1. The Hall–Kier alpha value is -1.32. The van der Waals surface area contributed by atoms with Gasteiger partial charge in [0.25, 0.3) is 0 Å². The van der Waals surface area contributed by atoms with Crippen molar-refractivity contribution in [3.8, 4) is 5.88 Å². The Morgan fingerprint density at radius 1 is 1.47 bits per heavy atom. The molecule has 4 heteroatoms. The largest absolute Gasteiger partial charge is 0.478 e. The van der Waals surface area contributed by atoms with Crippen LogP contribution in [0.2, 0.25) is 0 Å². The highest BCUT2D eigenvalue weighted by Gasteiger charge is 2.27. The van der Waals surface area contributed by atoms with Crippen molar-refractivity contribution in [1.82, 2.24) is 9.97 Å². The van der Waals surface area contributed by atoms with Crippen LogP contribution in [-0.2, 0) is 0 Å². The molecule has 0 amide bonds. The fraction of sp³-hybridized carbons (Fsp3) is 0.636. The third-order valence-electron chi connectivity index (χ3n) is 2.43. The summed E-state index contributed by atoms with van der Waals surface area (Å²) in [5.74, 6) is 2.50.